The van der Waals surface area contributed by atoms with E-state index in [1.807, 2.05) is 0 Å². The average Bonchev–Trinajstić information content (AvgIpc) is 2.56. The van der Waals surface area contributed by atoms with Crippen LogP contribution in [0.15, 0.2) is 18.2 Å². The number of rotatable bonds is 3. The smallest absolute Gasteiger partial charge is 0.381 e. The normalized spacial score (nSPS) is 14.2. The van der Waals surface area contributed by atoms with E-state index in [2.05, 4.69) is 31.8 Å². The fourth-order valence-electron chi connectivity index (χ4n) is 1.24. The van der Waals surface area contributed by atoms with E-state index < -0.39 is 12.7 Å². The van der Waals surface area contributed by atoms with Crippen molar-refractivity contribution in [3.05, 3.63) is 30.0 Å². The lowest BCUT2D eigenvalue weighted by Crippen LogP contribution is -2.03. The molecule has 1 unspecified atom stereocenters. The van der Waals surface area contributed by atoms with Gasteiger partial charge in [0.1, 0.15) is 5.82 Å². The van der Waals surface area contributed by atoms with E-state index in [0.29, 0.717) is 5.82 Å². The quantitative estimate of drug-likeness (QED) is 0.506. The van der Waals surface area contributed by atoms with Crippen LogP contribution >= 0.6 is 19.0 Å². The highest BCUT2D eigenvalue weighted by molar-refractivity contribution is 8.44. The third-order valence-corrected chi connectivity index (χ3v) is 2.51. The van der Waals surface area contributed by atoms with Crippen molar-refractivity contribution < 1.29 is 18.4 Å². The number of halogens is 1. The van der Waals surface area contributed by atoms with Crippen LogP contribution in [0.5, 0.6) is 6.01 Å². The molecule has 0 saturated heterocycles. The number of nitrogens with zero attached hydrogens (tertiary/aromatic N) is 4. The van der Waals surface area contributed by atoms with Crippen LogP contribution in [0, 0.1) is 12.9 Å². The Morgan fingerprint density at radius 2 is 2.22 bits per heavy atom. The summed E-state index contributed by atoms with van der Waals surface area (Å²) in [7, 11) is 0. The van der Waals surface area contributed by atoms with Gasteiger partial charge in [0.05, 0.1) is 0 Å². The molecule has 2 aromatic heterocycles. The fraction of sp³-hybridized carbons (Fsp3) is 0.125. The number of hydrogen-bond acceptors (Lipinski definition) is 5. The Morgan fingerprint density at radius 1 is 1.50 bits per heavy atom. The molecule has 0 bridgehead atoms. The summed E-state index contributed by atoms with van der Waals surface area (Å²) < 4.78 is 29.6. The number of pyridine rings is 1. The first kappa shape index (κ1) is 13.0. The number of aryl methyl sites for hydroxylation is 1. The third-order valence-electron chi connectivity index (χ3n) is 1.87. The van der Waals surface area contributed by atoms with Gasteiger partial charge in [0.15, 0.2) is 5.82 Å². The van der Waals surface area contributed by atoms with Crippen molar-refractivity contribution in [2.45, 2.75) is 6.92 Å². The molecule has 1 atom stereocenters. The molecule has 0 aliphatic rings. The second-order valence-electron chi connectivity index (χ2n) is 3.25. The summed E-state index contributed by atoms with van der Waals surface area (Å²) in [5.41, 5.74) is 0. The van der Waals surface area contributed by atoms with Crippen LogP contribution in [0.1, 0.15) is 5.82 Å². The van der Waals surface area contributed by atoms with Gasteiger partial charge in [0, 0.05) is 0 Å². The molecule has 10 heteroatoms. The number of thiol groups is 1. The molecule has 0 aromatic carbocycles. The van der Waals surface area contributed by atoms with Gasteiger partial charge < -0.3 is 9.42 Å². The second-order valence-corrected chi connectivity index (χ2v) is 5.93. The summed E-state index contributed by atoms with van der Waals surface area (Å²) in [6.07, 6.45) is 0. The van der Waals surface area contributed by atoms with Crippen LogP contribution in [0.25, 0.3) is 5.82 Å². The Hall–Kier alpha value is -1.44. The molecule has 0 aliphatic heterocycles. The van der Waals surface area contributed by atoms with Gasteiger partial charge in [-0.3, -0.25) is 0 Å². The maximum Gasteiger partial charge on any atom is 0.436 e. The zero-order valence-electron chi connectivity index (χ0n) is 9.06. The summed E-state index contributed by atoms with van der Waals surface area (Å²) in [4.78, 5) is 16.3. The lowest BCUT2D eigenvalue weighted by Gasteiger charge is -2.02. The minimum atomic E-state index is -4.03. The van der Waals surface area contributed by atoms with Crippen LogP contribution in [0.2, 0.25) is 0 Å². The van der Waals surface area contributed by atoms with Crippen molar-refractivity contribution in [2.75, 3.05) is 0 Å². The first-order valence-electron chi connectivity index (χ1n) is 4.67. The minimum Gasteiger partial charge on any atom is -0.381 e. The highest BCUT2D eigenvalue weighted by atomic mass is 32.7. The van der Waals surface area contributed by atoms with Gasteiger partial charge in [0.25, 0.3) is 0 Å². The lowest BCUT2D eigenvalue weighted by molar-refractivity contribution is 0.389. The molecule has 0 radical (unpaired) electrons. The second kappa shape index (κ2) is 4.68. The molecular weight excluding hydrogens is 282 g/mol. The van der Waals surface area contributed by atoms with Crippen LogP contribution in [0.3, 0.4) is 0 Å². The zero-order chi connectivity index (χ0) is 13.3. The van der Waals surface area contributed by atoms with E-state index in [1.165, 1.54) is 22.9 Å². The van der Waals surface area contributed by atoms with Gasteiger partial charge in [-0.05, 0) is 31.3 Å². The SMILES string of the molecule is Cc1nc(OP(=O)(O)S)nn1-c1cccc(F)n1. The Balaban J connectivity index is 2.38. The third kappa shape index (κ3) is 3.06. The molecule has 0 amide bonds. The lowest BCUT2D eigenvalue weighted by atomic mass is 10.4. The standard InChI is InChI=1S/C8H8FN4O3PS/c1-5-10-8(16-17(14,15)18)12-13(5)7-4-2-3-6(9)11-7/h2-4H,1H3,(H2,14,15,18). The summed E-state index contributed by atoms with van der Waals surface area (Å²) in [6, 6.07) is 3.81. The van der Waals surface area contributed by atoms with Crippen LogP contribution in [0.4, 0.5) is 4.39 Å². The van der Waals surface area contributed by atoms with Crippen molar-refractivity contribution in [1.82, 2.24) is 19.7 Å². The van der Waals surface area contributed by atoms with Crippen molar-refractivity contribution in [3.63, 3.8) is 0 Å². The molecule has 0 saturated carbocycles. The van der Waals surface area contributed by atoms with E-state index in [0.717, 1.165) is 0 Å². The van der Waals surface area contributed by atoms with Crippen molar-refractivity contribution in [2.24, 2.45) is 0 Å². The maximum atomic E-state index is 13.0. The molecule has 18 heavy (non-hydrogen) atoms. The average molecular weight is 290 g/mol. The van der Waals surface area contributed by atoms with Crippen molar-refractivity contribution in [1.29, 1.82) is 0 Å². The van der Waals surface area contributed by atoms with Crippen molar-refractivity contribution >= 4 is 19.0 Å². The molecule has 0 aliphatic carbocycles. The summed E-state index contributed by atoms with van der Waals surface area (Å²) >= 11 is 3.34. The predicted molar refractivity (Wildman–Crippen MR) is 63.3 cm³/mol. The number of hydrogen-bond donors (Lipinski definition) is 2. The van der Waals surface area contributed by atoms with E-state index in [9.17, 15) is 8.96 Å². The van der Waals surface area contributed by atoms with E-state index in [1.54, 1.807) is 6.92 Å². The summed E-state index contributed by atoms with van der Waals surface area (Å²) in [5, 5.41) is 3.78. The Morgan fingerprint density at radius 3 is 2.83 bits per heavy atom. The first-order chi connectivity index (χ1) is 8.35. The van der Waals surface area contributed by atoms with Gasteiger partial charge >= 0.3 is 12.8 Å². The molecule has 96 valence electrons. The monoisotopic (exact) mass is 290 g/mol. The molecular formula is C8H8FN4O3PS. The van der Waals surface area contributed by atoms with Gasteiger partial charge in [0.2, 0.25) is 5.95 Å². The van der Waals surface area contributed by atoms with Crippen LogP contribution in [-0.2, 0) is 4.57 Å². The van der Waals surface area contributed by atoms with Gasteiger partial charge in [-0.25, -0.2) is 9.55 Å². The highest BCUT2D eigenvalue weighted by Crippen LogP contribution is 2.45. The van der Waals surface area contributed by atoms with Gasteiger partial charge in [-0.1, -0.05) is 6.07 Å². The topological polar surface area (TPSA) is 90.1 Å². The molecule has 2 rings (SSSR count). The van der Waals surface area contributed by atoms with E-state index >= 15 is 0 Å². The van der Waals surface area contributed by atoms with Crippen molar-refractivity contribution in [3.8, 4) is 11.8 Å². The summed E-state index contributed by atoms with van der Waals surface area (Å²) in [5.74, 6) is -0.168. The van der Waals surface area contributed by atoms with E-state index in [-0.39, 0.29) is 11.8 Å². The van der Waals surface area contributed by atoms with Gasteiger partial charge in [-0.15, -0.1) is 5.10 Å². The first-order valence-corrected chi connectivity index (χ1v) is 7.40. The Labute approximate surface area is 106 Å². The molecule has 7 nitrogen and oxygen atoms in total. The zero-order valence-corrected chi connectivity index (χ0v) is 10.8. The Bertz CT molecular complexity index is 629. The predicted octanol–water partition coefficient (Wildman–Crippen LogP) is 1.52. The molecule has 2 aromatic rings. The number of aromatic nitrogens is 4. The molecule has 0 fully saturated rings. The fourth-order valence-corrected chi connectivity index (χ4v) is 1.75. The minimum absolute atomic E-state index is 0.182. The maximum absolute atomic E-state index is 13.0. The Kier molecular flexibility index (Phi) is 3.38. The largest absolute Gasteiger partial charge is 0.436 e. The van der Waals surface area contributed by atoms with Crippen LogP contribution < -0.4 is 4.52 Å². The highest BCUT2D eigenvalue weighted by Gasteiger charge is 2.19. The van der Waals surface area contributed by atoms with Gasteiger partial charge in [-0.2, -0.15) is 14.1 Å². The molecule has 0 spiro atoms. The van der Waals surface area contributed by atoms with Crippen LogP contribution in [-0.4, -0.2) is 24.6 Å². The molecule has 2 heterocycles. The molecule has 1 N–H and O–H groups in total. The van der Waals surface area contributed by atoms with E-state index in [4.69, 9.17) is 4.89 Å². The summed E-state index contributed by atoms with van der Waals surface area (Å²) in [6.45, 7) is -2.47.